The van der Waals surface area contributed by atoms with E-state index in [0.29, 0.717) is 11.1 Å². The van der Waals surface area contributed by atoms with Crippen LogP contribution in [0, 0.1) is 18.8 Å². The molecule has 5 atom stereocenters. The van der Waals surface area contributed by atoms with E-state index in [1.54, 1.807) is 50.8 Å². The number of amides is 3. The Balaban J connectivity index is 2.53. The van der Waals surface area contributed by atoms with Crippen LogP contribution in [0.4, 0.5) is 4.79 Å². The highest BCUT2D eigenvalue weighted by Crippen LogP contribution is 2.43. The van der Waals surface area contributed by atoms with Gasteiger partial charge in [0.1, 0.15) is 23.4 Å². The first kappa shape index (κ1) is 29.5. The predicted octanol–water partition coefficient (Wildman–Crippen LogP) is 4.83. The van der Waals surface area contributed by atoms with E-state index in [-0.39, 0.29) is 41.5 Å². The molecule has 8 heteroatoms. The van der Waals surface area contributed by atoms with Crippen molar-refractivity contribution in [3.63, 3.8) is 0 Å². The van der Waals surface area contributed by atoms with Gasteiger partial charge in [0, 0.05) is 17.6 Å². The molecule has 1 aromatic rings. The van der Waals surface area contributed by atoms with Gasteiger partial charge in [0.2, 0.25) is 11.8 Å². The average molecular weight is 504 g/mol. The first-order chi connectivity index (χ1) is 16.7. The molecule has 0 spiro atoms. The Morgan fingerprint density at radius 1 is 1.17 bits per heavy atom. The van der Waals surface area contributed by atoms with Gasteiger partial charge in [-0.25, -0.2) is 4.79 Å². The number of alkyl carbamates (subject to hydrolysis) is 1. The molecule has 3 amide bonds. The third kappa shape index (κ3) is 7.61. The van der Waals surface area contributed by atoms with E-state index in [4.69, 9.17) is 4.74 Å². The van der Waals surface area contributed by atoms with Crippen LogP contribution < -0.4 is 10.6 Å². The summed E-state index contributed by atoms with van der Waals surface area (Å²) in [6.45, 7) is 16.7. The lowest BCUT2D eigenvalue weighted by atomic mass is 9.96. The molecule has 0 aromatic heterocycles. The number of benzene rings is 1. The number of nitrogens with zero attached hydrogens (tertiary/aromatic N) is 1. The van der Waals surface area contributed by atoms with Crippen molar-refractivity contribution >= 4 is 17.9 Å². The summed E-state index contributed by atoms with van der Waals surface area (Å²) in [5.74, 6) is -0.777. The van der Waals surface area contributed by atoms with Crippen molar-refractivity contribution in [3.8, 4) is 5.75 Å². The number of aryl methyl sites for hydroxylation is 1. The van der Waals surface area contributed by atoms with Gasteiger partial charge < -0.3 is 25.4 Å². The first-order valence-corrected chi connectivity index (χ1v) is 13.1. The summed E-state index contributed by atoms with van der Waals surface area (Å²) in [7, 11) is 0. The monoisotopic (exact) mass is 503 g/mol. The number of hydrogen-bond acceptors (Lipinski definition) is 5. The first-order valence-electron chi connectivity index (χ1n) is 13.1. The molecule has 0 radical (unpaired) electrons. The van der Waals surface area contributed by atoms with E-state index in [0.717, 1.165) is 19.3 Å². The molecule has 1 aliphatic carbocycles. The molecule has 8 nitrogen and oxygen atoms in total. The number of rotatable bonds is 10. The Morgan fingerprint density at radius 3 is 2.28 bits per heavy atom. The van der Waals surface area contributed by atoms with Gasteiger partial charge in [0.25, 0.3) is 0 Å². The number of phenolic OH excluding ortho intramolecular Hbond substituents is 1. The van der Waals surface area contributed by atoms with Gasteiger partial charge >= 0.3 is 6.09 Å². The van der Waals surface area contributed by atoms with Crippen molar-refractivity contribution in [2.45, 2.75) is 111 Å². The van der Waals surface area contributed by atoms with Gasteiger partial charge in [-0.05, 0) is 64.9 Å². The third-order valence-electron chi connectivity index (χ3n) is 6.48. The zero-order valence-corrected chi connectivity index (χ0v) is 23.3. The maximum atomic E-state index is 14.1. The molecule has 36 heavy (non-hydrogen) atoms. The Morgan fingerprint density at radius 2 is 1.78 bits per heavy atom. The number of carbonyl (C=O) groups excluding carboxylic acids is 3. The van der Waals surface area contributed by atoms with Gasteiger partial charge in [0.05, 0.1) is 0 Å². The van der Waals surface area contributed by atoms with E-state index >= 15 is 0 Å². The minimum atomic E-state index is -1.03. The number of carbonyl (C=O) groups is 3. The Hall–Kier alpha value is -2.77. The molecular weight excluding hydrogens is 458 g/mol. The van der Waals surface area contributed by atoms with E-state index in [9.17, 15) is 19.5 Å². The van der Waals surface area contributed by atoms with Crippen LogP contribution in [0.5, 0.6) is 5.75 Å². The Kier molecular flexibility index (Phi) is 9.80. The Bertz CT molecular complexity index is 940. The quantitative estimate of drug-likeness (QED) is 0.424. The van der Waals surface area contributed by atoms with E-state index in [2.05, 4.69) is 10.6 Å². The molecule has 0 heterocycles. The molecule has 0 bridgehead atoms. The topological polar surface area (TPSA) is 108 Å². The zero-order valence-electron chi connectivity index (χ0n) is 23.3. The SMILES string of the molecule is CCCC(C)NC(=O)C(c1cccc(C)c1O)N(C(=O)C(NC(=O)OC(C)(C)C)C(C)C)C1CC1C. The highest BCUT2D eigenvalue weighted by molar-refractivity contribution is 5.93. The smallest absolute Gasteiger partial charge is 0.408 e. The summed E-state index contributed by atoms with van der Waals surface area (Å²) in [5, 5.41) is 16.7. The van der Waals surface area contributed by atoms with Crippen LogP contribution in [-0.2, 0) is 14.3 Å². The second-order valence-electron chi connectivity index (χ2n) is 11.5. The van der Waals surface area contributed by atoms with Crippen molar-refractivity contribution in [1.82, 2.24) is 15.5 Å². The number of phenols is 1. The van der Waals surface area contributed by atoms with Crippen LogP contribution in [0.15, 0.2) is 18.2 Å². The molecule has 1 aromatic carbocycles. The molecule has 2 rings (SSSR count). The van der Waals surface area contributed by atoms with Crippen molar-refractivity contribution in [1.29, 1.82) is 0 Å². The normalized spacial score (nSPS) is 19.7. The van der Waals surface area contributed by atoms with Crippen molar-refractivity contribution < 1.29 is 24.2 Å². The second kappa shape index (κ2) is 12.0. The van der Waals surface area contributed by atoms with Gasteiger partial charge in [-0.1, -0.05) is 52.3 Å². The molecule has 3 N–H and O–H groups in total. The largest absolute Gasteiger partial charge is 0.507 e. The van der Waals surface area contributed by atoms with Crippen LogP contribution in [0.3, 0.4) is 0 Å². The number of para-hydroxylation sites is 1. The molecule has 1 fully saturated rings. The van der Waals surface area contributed by atoms with Gasteiger partial charge in [-0.3, -0.25) is 9.59 Å². The molecule has 1 aliphatic rings. The van der Waals surface area contributed by atoms with Crippen molar-refractivity contribution in [3.05, 3.63) is 29.3 Å². The van der Waals surface area contributed by atoms with Gasteiger partial charge in [-0.15, -0.1) is 0 Å². The van der Waals surface area contributed by atoms with E-state index < -0.39 is 23.8 Å². The predicted molar refractivity (Wildman–Crippen MR) is 141 cm³/mol. The standard InChI is InChI=1S/C28H45N3O5/c1-10-12-19(6)29-25(33)23(20-14-11-13-17(4)24(20)32)31(21-15-18(21)5)26(34)22(16(2)3)30-27(35)36-28(7,8)9/h11,13-14,16,18-19,21-23,32H,10,12,15H2,1-9H3,(H,29,33)(H,30,35). The summed E-state index contributed by atoms with van der Waals surface area (Å²) in [6, 6.07) is 3.02. The maximum Gasteiger partial charge on any atom is 0.408 e. The van der Waals surface area contributed by atoms with Crippen LogP contribution in [-0.4, -0.2) is 51.6 Å². The fraction of sp³-hybridized carbons (Fsp3) is 0.679. The molecule has 0 aliphatic heterocycles. The molecule has 5 unspecified atom stereocenters. The fourth-order valence-corrected chi connectivity index (χ4v) is 4.43. The summed E-state index contributed by atoms with van der Waals surface area (Å²) < 4.78 is 5.41. The van der Waals surface area contributed by atoms with Crippen LogP contribution in [0.2, 0.25) is 0 Å². The number of aromatic hydroxyl groups is 1. The van der Waals surface area contributed by atoms with Gasteiger partial charge in [-0.2, -0.15) is 0 Å². The van der Waals surface area contributed by atoms with Crippen LogP contribution in [0.25, 0.3) is 0 Å². The highest BCUT2D eigenvalue weighted by Gasteiger charge is 2.49. The minimum Gasteiger partial charge on any atom is -0.507 e. The van der Waals surface area contributed by atoms with Crippen molar-refractivity contribution in [2.75, 3.05) is 0 Å². The number of nitrogens with one attached hydrogen (secondary N) is 2. The van der Waals surface area contributed by atoms with Crippen LogP contribution >= 0.6 is 0 Å². The van der Waals surface area contributed by atoms with E-state index in [1.807, 2.05) is 34.6 Å². The molecule has 202 valence electrons. The lowest BCUT2D eigenvalue weighted by Crippen LogP contribution is -2.56. The molecular formula is C28H45N3O5. The van der Waals surface area contributed by atoms with Crippen molar-refractivity contribution in [2.24, 2.45) is 11.8 Å². The zero-order chi connectivity index (χ0) is 27.4. The molecule has 1 saturated carbocycles. The average Bonchev–Trinajstić information content (AvgIpc) is 3.46. The summed E-state index contributed by atoms with van der Waals surface area (Å²) in [4.78, 5) is 42.1. The third-order valence-corrected chi connectivity index (χ3v) is 6.48. The summed E-state index contributed by atoms with van der Waals surface area (Å²) >= 11 is 0. The molecule has 0 saturated heterocycles. The lowest BCUT2D eigenvalue weighted by molar-refractivity contribution is -0.144. The van der Waals surface area contributed by atoms with E-state index in [1.165, 1.54) is 0 Å². The maximum absolute atomic E-state index is 14.1. The lowest BCUT2D eigenvalue weighted by Gasteiger charge is -2.36. The highest BCUT2D eigenvalue weighted by atomic mass is 16.6. The second-order valence-corrected chi connectivity index (χ2v) is 11.5. The Labute approximate surface area is 216 Å². The minimum absolute atomic E-state index is 0.00639. The number of ether oxygens (including phenoxy) is 1. The summed E-state index contributed by atoms with van der Waals surface area (Å²) in [5.41, 5.74) is 0.281. The summed E-state index contributed by atoms with van der Waals surface area (Å²) in [6.07, 6.45) is 1.75. The number of hydrogen-bond donors (Lipinski definition) is 3. The van der Waals surface area contributed by atoms with Gasteiger partial charge in [0.15, 0.2) is 0 Å². The fourth-order valence-electron chi connectivity index (χ4n) is 4.43. The van der Waals surface area contributed by atoms with Crippen LogP contribution in [0.1, 0.15) is 91.8 Å².